The summed E-state index contributed by atoms with van der Waals surface area (Å²) in [6.45, 7) is 1.94. The van der Waals surface area contributed by atoms with E-state index in [1.54, 1.807) is 0 Å². The fourth-order valence-corrected chi connectivity index (χ4v) is 3.63. The molecule has 0 atom stereocenters. The van der Waals surface area contributed by atoms with Gasteiger partial charge in [0, 0.05) is 12.8 Å². The van der Waals surface area contributed by atoms with Gasteiger partial charge in [-0.25, -0.2) is 0 Å². The van der Waals surface area contributed by atoms with Crippen molar-refractivity contribution in [2.24, 2.45) is 0 Å². The van der Waals surface area contributed by atoms with Gasteiger partial charge in [-0.2, -0.15) is 0 Å². The molecule has 0 aliphatic heterocycles. The number of benzene rings is 4. The molecular formula is C22H20O. The first-order valence-corrected chi connectivity index (χ1v) is 8.44. The first-order valence-electron chi connectivity index (χ1n) is 8.44. The van der Waals surface area contributed by atoms with Crippen molar-refractivity contribution in [1.82, 2.24) is 0 Å². The van der Waals surface area contributed by atoms with Crippen LogP contribution in [0.1, 0.15) is 31.7 Å². The molecule has 0 fully saturated rings. The molecule has 0 aliphatic carbocycles. The number of carbonyl (C=O) groups excluding carboxylic acids is 1. The zero-order valence-electron chi connectivity index (χ0n) is 13.4. The highest BCUT2D eigenvalue weighted by molar-refractivity contribution is 6.23. The van der Waals surface area contributed by atoms with E-state index in [0.717, 1.165) is 12.8 Å². The van der Waals surface area contributed by atoms with Crippen molar-refractivity contribution in [2.45, 2.75) is 32.6 Å². The van der Waals surface area contributed by atoms with Gasteiger partial charge in [0.2, 0.25) is 0 Å². The number of rotatable bonds is 5. The molecule has 0 aromatic heterocycles. The van der Waals surface area contributed by atoms with Gasteiger partial charge in [0.25, 0.3) is 0 Å². The van der Waals surface area contributed by atoms with E-state index in [1.165, 1.54) is 37.9 Å². The Hall–Kier alpha value is -2.41. The molecule has 23 heavy (non-hydrogen) atoms. The smallest absolute Gasteiger partial charge is 0.132 e. The van der Waals surface area contributed by atoms with E-state index in [-0.39, 0.29) is 0 Å². The van der Waals surface area contributed by atoms with Crippen LogP contribution in [0.15, 0.2) is 54.6 Å². The van der Waals surface area contributed by atoms with Gasteiger partial charge in [-0.3, -0.25) is 4.79 Å². The summed E-state index contributed by atoms with van der Waals surface area (Å²) in [5, 5.41) is 7.97. The number of aryl methyl sites for hydroxylation is 1. The van der Waals surface area contributed by atoms with Gasteiger partial charge in [0.15, 0.2) is 0 Å². The minimum Gasteiger partial charge on any atom is -0.300 e. The number of ketones is 1. The van der Waals surface area contributed by atoms with Crippen LogP contribution in [0, 0.1) is 0 Å². The summed E-state index contributed by atoms with van der Waals surface area (Å²) < 4.78 is 0. The van der Waals surface area contributed by atoms with Crippen molar-refractivity contribution in [3.8, 4) is 0 Å². The van der Waals surface area contributed by atoms with E-state index in [1.807, 2.05) is 6.92 Å². The van der Waals surface area contributed by atoms with Crippen molar-refractivity contribution >= 4 is 38.1 Å². The van der Waals surface area contributed by atoms with Crippen molar-refractivity contribution in [1.29, 1.82) is 0 Å². The molecule has 0 bridgehead atoms. The minimum atomic E-state index is 0.364. The Morgan fingerprint density at radius 2 is 1.39 bits per heavy atom. The SMILES string of the molecule is CCC(=O)CCCc1cc2ccc3cccc4ccc(c1)c2c34. The second kappa shape index (κ2) is 5.66. The molecule has 0 amide bonds. The maximum Gasteiger partial charge on any atom is 0.132 e. The predicted octanol–water partition coefficient (Wildman–Crippen LogP) is 5.89. The largest absolute Gasteiger partial charge is 0.300 e. The quantitative estimate of drug-likeness (QED) is 0.420. The Bertz CT molecular complexity index is 933. The molecule has 0 heterocycles. The monoisotopic (exact) mass is 300 g/mol. The fraction of sp³-hybridized carbons (Fsp3) is 0.227. The zero-order chi connectivity index (χ0) is 15.8. The normalized spacial score (nSPS) is 11.7. The van der Waals surface area contributed by atoms with Crippen molar-refractivity contribution in [2.75, 3.05) is 0 Å². The summed E-state index contributed by atoms with van der Waals surface area (Å²) >= 11 is 0. The number of hydrogen-bond donors (Lipinski definition) is 0. The van der Waals surface area contributed by atoms with Crippen LogP contribution < -0.4 is 0 Å². The van der Waals surface area contributed by atoms with E-state index in [2.05, 4.69) is 54.6 Å². The van der Waals surface area contributed by atoms with Crippen LogP contribution >= 0.6 is 0 Å². The molecule has 1 heteroatoms. The molecule has 4 aromatic rings. The summed E-state index contributed by atoms with van der Waals surface area (Å²) in [6.07, 6.45) is 3.27. The average molecular weight is 300 g/mol. The maximum absolute atomic E-state index is 11.5. The third-order valence-electron chi connectivity index (χ3n) is 4.84. The fourth-order valence-electron chi connectivity index (χ4n) is 3.63. The van der Waals surface area contributed by atoms with Gasteiger partial charge >= 0.3 is 0 Å². The third kappa shape index (κ3) is 2.46. The molecule has 0 saturated carbocycles. The van der Waals surface area contributed by atoms with Gasteiger partial charge in [-0.05, 0) is 50.7 Å². The molecule has 4 rings (SSSR count). The lowest BCUT2D eigenvalue weighted by atomic mass is 9.92. The molecule has 114 valence electrons. The van der Waals surface area contributed by atoms with Crippen LogP contribution in [0.3, 0.4) is 0 Å². The van der Waals surface area contributed by atoms with Crippen LogP contribution in [-0.4, -0.2) is 5.78 Å². The lowest BCUT2D eigenvalue weighted by Gasteiger charge is -2.12. The molecule has 0 spiro atoms. The number of Topliss-reactive ketones (excluding diaryl/α,β-unsaturated/α-hetero) is 1. The van der Waals surface area contributed by atoms with Gasteiger partial charge in [-0.15, -0.1) is 0 Å². The highest BCUT2D eigenvalue weighted by Crippen LogP contribution is 2.35. The summed E-state index contributed by atoms with van der Waals surface area (Å²) in [4.78, 5) is 11.5. The minimum absolute atomic E-state index is 0.364. The molecule has 4 aromatic carbocycles. The van der Waals surface area contributed by atoms with Gasteiger partial charge in [-0.1, -0.05) is 61.5 Å². The molecule has 0 aliphatic rings. The topological polar surface area (TPSA) is 17.1 Å². The summed E-state index contributed by atoms with van der Waals surface area (Å²) in [6, 6.07) is 20.0. The van der Waals surface area contributed by atoms with Crippen molar-refractivity contribution in [3.63, 3.8) is 0 Å². The molecule has 0 saturated heterocycles. The molecular weight excluding hydrogens is 280 g/mol. The Kier molecular flexibility index (Phi) is 3.49. The van der Waals surface area contributed by atoms with E-state index in [4.69, 9.17) is 0 Å². The second-order valence-electron chi connectivity index (χ2n) is 6.37. The van der Waals surface area contributed by atoms with Crippen LogP contribution in [0.4, 0.5) is 0 Å². The Balaban J connectivity index is 1.79. The van der Waals surface area contributed by atoms with Gasteiger partial charge in [0.05, 0.1) is 0 Å². The van der Waals surface area contributed by atoms with Crippen molar-refractivity contribution < 1.29 is 4.79 Å². The lowest BCUT2D eigenvalue weighted by molar-refractivity contribution is -0.118. The van der Waals surface area contributed by atoms with Crippen molar-refractivity contribution in [3.05, 3.63) is 60.2 Å². The Morgan fingerprint density at radius 3 is 2.00 bits per heavy atom. The summed E-state index contributed by atoms with van der Waals surface area (Å²) in [7, 11) is 0. The highest BCUT2D eigenvalue weighted by atomic mass is 16.1. The van der Waals surface area contributed by atoms with Crippen LogP contribution in [0.2, 0.25) is 0 Å². The molecule has 0 N–H and O–H groups in total. The molecule has 0 unspecified atom stereocenters. The first-order chi connectivity index (χ1) is 11.3. The van der Waals surface area contributed by atoms with Gasteiger partial charge < -0.3 is 0 Å². The van der Waals surface area contributed by atoms with Gasteiger partial charge in [0.1, 0.15) is 5.78 Å². The standard InChI is InChI=1S/C22H20O/c1-2-20(23)8-3-5-15-13-18-11-9-16-6-4-7-17-10-12-19(14-15)22(18)21(16)17/h4,6-7,9-14H,2-3,5,8H2,1H3. The molecule has 1 nitrogen and oxygen atoms in total. The zero-order valence-corrected chi connectivity index (χ0v) is 13.4. The van der Waals surface area contributed by atoms with E-state index in [9.17, 15) is 4.79 Å². The Labute approximate surface area is 136 Å². The third-order valence-corrected chi connectivity index (χ3v) is 4.84. The first kappa shape index (κ1) is 14.2. The van der Waals surface area contributed by atoms with E-state index in [0.29, 0.717) is 18.6 Å². The van der Waals surface area contributed by atoms with Crippen LogP contribution in [-0.2, 0) is 11.2 Å². The summed E-state index contributed by atoms with van der Waals surface area (Å²) in [5.41, 5.74) is 1.33. The van der Waals surface area contributed by atoms with E-state index >= 15 is 0 Å². The summed E-state index contributed by atoms with van der Waals surface area (Å²) in [5.74, 6) is 0.364. The van der Waals surface area contributed by atoms with E-state index < -0.39 is 0 Å². The van der Waals surface area contributed by atoms with Crippen LogP contribution in [0.25, 0.3) is 32.3 Å². The molecule has 0 radical (unpaired) electrons. The lowest BCUT2D eigenvalue weighted by Crippen LogP contribution is -1.96. The average Bonchev–Trinajstić information content (AvgIpc) is 2.59. The second-order valence-corrected chi connectivity index (χ2v) is 6.37. The maximum atomic E-state index is 11.5. The van der Waals surface area contributed by atoms with Crippen LogP contribution in [0.5, 0.6) is 0 Å². The number of hydrogen-bond acceptors (Lipinski definition) is 1. The Morgan fingerprint density at radius 1 is 0.826 bits per heavy atom. The highest BCUT2D eigenvalue weighted by Gasteiger charge is 2.09. The number of carbonyl (C=O) groups is 1. The predicted molar refractivity (Wildman–Crippen MR) is 98.4 cm³/mol.